The molecule has 0 atom stereocenters. The normalized spacial score (nSPS) is 15.6. The molecule has 0 bridgehead atoms. The summed E-state index contributed by atoms with van der Waals surface area (Å²) in [5, 5.41) is 4.34. The standard InChI is InChI=1S/C34H35F3N6/c1-22(2)21-42-17-14-25(15-18-42)39-30-20-33-31(19-29(30)40-27-8-6-16-38-23(27)3)41-28-7-4-5-9-32(28)43(33)26-12-10-24(11-13-26)34(35,36)37/h4-13,16,19-20,22,25,40H,14-15,17-18,21H2,1-3H3. The van der Waals surface area contributed by atoms with E-state index in [1.807, 2.05) is 60.0 Å². The molecule has 6 nitrogen and oxygen atoms in total. The molecular formula is C34H35F3N6. The van der Waals surface area contributed by atoms with Crippen molar-refractivity contribution in [3.8, 4) is 17.1 Å². The van der Waals surface area contributed by atoms with Gasteiger partial charge in [0, 0.05) is 31.5 Å². The molecule has 1 aliphatic carbocycles. The Labute approximate surface area is 249 Å². The molecule has 3 heterocycles. The van der Waals surface area contributed by atoms with Crippen molar-refractivity contribution in [3.05, 3.63) is 95.6 Å². The maximum atomic E-state index is 13.4. The van der Waals surface area contributed by atoms with E-state index in [0.717, 1.165) is 83.8 Å². The number of likely N-dealkylation sites (tertiary alicyclic amines) is 1. The minimum atomic E-state index is -4.41. The molecule has 3 aliphatic rings. The van der Waals surface area contributed by atoms with Gasteiger partial charge in [-0.1, -0.05) is 26.0 Å². The van der Waals surface area contributed by atoms with Crippen LogP contribution in [0.25, 0.3) is 28.1 Å². The molecule has 3 aromatic rings. The number of piperidine rings is 1. The molecule has 6 rings (SSSR count). The molecule has 2 aromatic carbocycles. The molecule has 222 valence electrons. The van der Waals surface area contributed by atoms with Crippen LogP contribution in [0.4, 0.5) is 24.5 Å². The van der Waals surface area contributed by atoms with E-state index in [1.54, 1.807) is 6.20 Å². The van der Waals surface area contributed by atoms with Crippen LogP contribution < -0.4 is 10.7 Å². The van der Waals surface area contributed by atoms with Gasteiger partial charge < -0.3 is 14.8 Å². The van der Waals surface area contributed by atoms with Gasteiger partial charge in [0.05, 0.1) is 56.5 Å². The fourth-order valence-electron chi connectivity index (χ4n) is 5.83. The molecule has 0 radical (unpaired) electrons. The van der Waals surface area contributed by atoms with Crippen molar-refractivity contribution in [2.24, 2.45) is 10.9 Å². The molecule has 0 amide bonds. The number of rotatable bonds is 6. The lowest BCUT2D eigenvalue weighted by atomic mass is 10.0. The highest BCUT2D eigenvalue weighted by Gasteiger charge is 2.30. The van der Waals surface area contributed by atoms with Gasteiger partial charge in [-0.3, -0.25) is 9.98 Å². The molecule has 0 unspecified atom stereocenters. The summed E-state index contributed by atoms with van der Waals surface area (Å²) in [6.07, 6.45) is -0.721. The minimum Gasteiger partial charge on any atom is -0.352 e. The average molecular weight is 585 g/mol. The van der Waals surface area contributed by atoms with Gasteiger partial charge in [0.1, 0.15) is 0 Å². The van der Waals surface area contributed by atoms with Gasteiger partial charge in [-0.15, -0.1) is 0 Å². The van der Waals surface area contributed by atoms with E-state index in [2.05, 4.69) is 29.0 Å². The van der Waals surface area contributed by atoms with Crippen LogP contribution in [0.5, 0.6) is 0 Å². The lowest BCUT2D eigenvalue weighted by Gasteiger charge is -2.31. The minimum absolute atomic E-state index is 0.157. The van der Waals surface area contributed by atoms with Crippen molar-refractivity contribution in [1.29, 1.82) is 0 Å². The summed E-state index contributed by atoms with van der Waals surface area (Å²) in [5.74, 6) is 0.621. The number of nitrogens with zero attached hydrogens (tertiary/aromatic N) is 5. The van der Waals surface area contributed by atoms with Crippen LogP contribution in [0.2, 0.25) is 0 Å². The van der Waals surface area contributed by atoms with Gasteiger partial charge in [-0.25, -0.2) is 4.98 Å². The van der Waals surface area contributed by atoms with E-state index in [1.165, 1.54) is 12.1 Å². The third kappa shape index (κ3) is 6.27. The molecule has 1 saturated heterocycles. The van der Waals surface area contributed by atoms with Gasteiger partial charge >= 0.3 is 6.18 Å². The first-order valence-electron chi connectivity index (χ1n) is 14.7. The van der Waals surface area contributed by atoms with Crippen LogP contribution >= 0.6 is 0 Å². The number of benzene rings is 3. The first kappa shape index (κ1) is 28.9. The predicted molar refractivity (Wildman–Crippen MR) is 165 cm³/mol. The number of alkyl halides is 3. The fraction of sp³-hybridized carbons (Fsp3) is 0.324. The molecule has 1 N–H and O–H groups in total. The maximum absolute atomic E-state index is 13.4. The fourth-order valence-corrected chi connectivity index (χ4v) is 5.83. The first-order valence-corrected chi connectivity index (χ1v) is 14.7. The summed E-state index contributed by atoms with van der Waals surface area (Å²) < 4.78 is 42.2. The molecule has 1 fully saturated rings. The number of hydrogen-bond donors (Lipinski definition) is 1. The zero-order valence-corrected chi connectivity index (χ0v) is 24.6. The van der Waals surface area contributed by atoms with E-state index in [0.29, 0.717) is 17.3 Å². The summed E-state index contributed by atoms with van der Waals surface area (Å²) >= 11 is 0. The second-order valence-corrected chi connectivity index (χ2v) is 11.7. The number of aromatic nitrogens is 3. The van der Waals surface area contributed by atoms with Gasteiger partial charge in [-0.05, 0) is 86.3 Å². The number of fused-ring (bicyclic) bond motifs is 2. The van der Waals surface area contributed by atoms with E-state index in [4.69, 9.17) is 9.98 Å². The number of hydrogen-bond acceptors (Lipinski definition) is 5. The largest absolute Gasteiger partial charge is 0.416 e. The number of aryl methyl sites for hydroxylation is 1. The quantitative estimate of drug-likeness (QED) is 0.209. The summed E-state index contributed by atoms with van der Waals surface area (Å²) in [5.41, 5.74) is 5.49. The van der Waals surface area contributed by atoms with Gasteiger partial charge in [0.15, 0.2) is 0 Å². The number of pyridine rings is 1. The van der Waals surface area contributed by atoms with Crippen molar-refractivity contribution in [3.63, 3.8) is 0 Å². The highest BCUT2D eigenvalue weighted by Crippen LogP contribution is 2.33. The summed E-state index contributed by atoms with van der Waals surface area (Å²) in [6, 6.07) is 21.0. The maximum Gasteiger partial charge on any atom is 0.416 e. The first-order chi connectivity index (χ1) is 20.7. The average Bonchev–Trinajstić information content (AvgIpc) is 2.98. The Balaban J connectivity index is 1.52. The Kier molecular flexibility index (Phi) is 7.92. The predicted octanol–water partition coefficient (Wildman–Crippen LogP) is 7.62. The molecule has 0 saturated carbocycles. The zero-order chi connectivity index (χ0) is 30.1. The van der Waals surface area contributed by atoms with Crippen LogP contribution in [0, 0.1) is 12.8 Å². The number of anilines is 2. The molecule has 1 aromatic heterocycles. The lowest BCUT2D eigenvalue weighted by molar-refractivity contribution is -0.137. The number of para-hydroxylation sites is 2. The van der Waals surface area contributed by atoms with Gasteiger partial charge in [0.25, 0.3) is 0 Å². The number of halogens is 3. The van der Waals surface area contributed by atoms with Crippen molar-refractivity contribution in [2.45, 2.75) is 45.8 Å². The zero-order valence-electron chi connectivity index (χ0n) is 24.6. The van der Waals surface area contributed by atoms with Crippen LogP contribution in [-0.2, 0) is 6.18 Å². The Morgan fingerprint density at radius 1 is 0.953 bits per heavy atom. The third-order valence-electron chi connectivity index (χ3n) is 7.93. The smallest absolute Gasteiger partial charge is 0.352 e. The Morgan fingerprint density at radius 3 is 2.40 bits per heavy atom. The highest BCUT2D eigenvalue weighted by atomic mass is 19.4. The molecule has 43 heavy (non-hydrogen) atoms. The van der Waals surface area contributed by atoms with Crippen LogP contribution in [0.3, 0.4) is 0 Å². The Hall–Kier alpha value is -4.24. The summed E-state index contributed by atoms with van der Waals surface area (Å²) in [7, 11) is 0. The monoisotopic (exact) mass is 584 g/mol. The van der Waals surface area contributed by atoms with Crippen LogP contribution in [-0.4, -0.2) is 45.1 Å². The van der Waals surface area contributed by atoms with Crippen molar-refractivity contribution >= 4 is 22.4 Å². The van der Waals surface area contributed by atoms with Gasteiger partial charge in [0.2, 0.25) is 0 Å². The highest BCUT2D eigenvalue weighted by molar-refractivity contribution is 5.84. The summed E-state index contributed by atoms with van der Waals surface area (Å²) in [6.45, 7) is 9.53. The second-order valence-electron chi connectivity index (χ2n) is 11.7. The summed E-state index contributed by atoms with van der Waals surface area (Å²) in [4.78, 5) is 17.2. The molecule has 9 heteroatoms. The van der Waals surface area contributed by atoms with Gasteiger partial charge in [-0.2, -0.15) is 13.2 Å². The molecule has 0 spiro atoms. The molecule has 2 aliphatic heterocycles. The molecular weight excluding hydrogens is 549 g/mol. The van der Waals surface area contributed by atoms with E-state index >= 15 is 0 Å². The van der Waals surface area contributed by atoms with Crippen LogP contribution in [0.1, 0.15) is 37.9 Å². The Bertz CT molecular complexity index is 1770. The second kappa shape index (κ2) is 11.8. The van der Waals surface area contributed by atoms with Crippen molar-refractivity contribution in [1.82, 2.24) is 19.4 Å². The number of nitrogens with one attached hydrogen (secondary N) is 1. The Morgan fingerprint density at radius 2 is 1.70 bits per heavy atom. The van der Waals surface area contributed by atoms with E-state index in [9.17, 15) is 13.2 Å². The third-order valence-corrected chi connectivity index (χ3v) is 7.93. The lowest BCUT2D eigenvalue weighted by Crippen LogP contribution is -2.38. The SMILES string of the molecule is Cc1ncccc1Nc1cc2nc3ccccc3n(-c3ccc(C(F)(F)F)cc3)c-2cc1=NC1CCN(CC(C)C)CC1. The topological polar surface area (TPSA) is 58.3 Å². The van der Waals surface area contributed by atoms with Crippen LogP contribution in [0.15, 0.2) is 84.0 Å². The van der Waals surface area contributed by atoms with E-state index < -0.39 is 11.7 Å². The van der Waals surface area contributed by atoms with Crippen molar-refractivity contribution in [2.75, 3.05) is 25.0 Å². The van der Waals surface area contributed by atoms with E-state index in [-0.39, 0.29) is 6.04 Å². The van der Waals surface area contributed by atoms with Crippen molar-refractivity contribution < 1.29 is 13.2 Å².